The van der Waals surface area contributed by atoms with Crippen LogP contribution in [0.15, 0.2) is 47.4 Å². The van der Waals surface area contributed by atoms with Gasteiger partial charge < -0.3 is 10.2 Å². The molecule has 4 nitrogen and oxygen atoms in total. The molecule has 168 valence electrons. The van der Waals surface area contributed by atoms with Crippen molar-refractivity contribution in [3.8, 4) is 0 Å². The number of nitrogens with zero attached hydrogens (tertiary/aromatic N) is 1. The number of hydrogen-bond acceptors (Lipinski definition) is 3. The number of nitrogens with one attached hydrogen (secondary N) is 1. The summed E-state index contributed by atoms with van der Waals surface area (Å²) in [5.41, 5.74) is 0.643. The van der Waals surface area contributed by atoms with Crippen LogP contribution in [0.5, 0.6) is 0 Å². The van der Waals surface area contributed by atoms with Crippen LogP contribution in [0.4, 0.5) is 0 Å². The fourth-order valence-electron chi connectivity index (χ4n) is 2.92. The Morgan fingerprint density at radius 2 is 1.71 bits per heavy atom. The van der Waals surface area contributed by atoms with Gasteiger partial charge in [-0.1, -0.05) is 47.8 Å². The minimum atomic E-state index is -0.629. The van der Waals surface area contributed by atoms with E-state index in [1.807, 2.05) is 31.2 Å². The van der Waals surface area contributed by atoms with Crippen molar-refractivity contribution in [2.75, 3.05) is 12.3 Å². The zero-order valence-corrected chi connectivity index (χ0v) is 20.8. The Morgan fingerprint density at radius 3 is 2.32 bits per heavy atom. The Kier molecular flexibility index (Phi) is 11.0. The highest BCUT2D eigenvalue weighted by molar-refractivity contribution is 7.99. The van der Waals surface area contributed by atoms with Gasteiger partial charge in [0.05, 0.1) is 0 Å². The number of halogens is 3. The van der Waals surface area contributed by atoms with Crippen molar-refractivity contribution in [3.05, 3.63) is 63.1 Å². The highest BCUT2D eigenvalue weighted by Gasteiger charge is 2.26. The number of hydrogen-bond donors (Lipinski definition) is 1. The summed E-state index contributed by atoms with van der Waals surface area (Å²) in [5.74, 6) is 0.491. The van der Waals surface area contributed by atoms with Crippen LogP contribution in [0.1, 0.15) is 38.7 Å². The molecule has 0 saturated heterocycles. The summed E-state index contributed by atoms with van der Waals surface area (Å²) in [6.07, 6.45) is 1.83. The molecule has 0 heterocycles. The molecule has 0 aliphatic rings. The first-order valence-electron chi connectivity index (χ1n) is 10.2. The third kappa shape index (κ3) is 8.23. The van der Waals surface area contributed by atoms with E-state index < -0.39 is 6.04 Å². The number of thioether (sulfide) groups is 1. The Bertz CT molecular complexity index is 857. The van der Waals surface area contributed by atoms with Crippen LogP contribution in [0.25, 0.3) is 0 Å². The van der Waals surface area contributed by atoms with Crippen molar-refractivity contribution < 1.29 is 9.59 Å². The van der Waals surface area contributed by atoms with Gasteiger partial charge in [-0.3, -0.25) is 9.59 Å². The summed E-state index contributed by atoms with van der Waals surface area (Å²) >= 11 is 20.2. The van der Waals surface area contributed by atoms with Crippen LogP contribution in [-0.4, -0.2) is 35.1 Å². The molecule has 2 aromatic carbocycles. The lowest BCUT2D eigenvalue weighted by Gasteiger charge is -2.29. The van der Waals surface area contributed by atoms with Gasteiger partial charge in [0.25, 0.3) is 0 Å². The van der Waals surface area contributed by atoms with E-state index in [0.29, 0.717) is 40.0 Å². The lowest BCUT2D eigenvalue weighted by Crippen LogP contribution is -2.47. The van der Waals surface area contributed by atoms with Crippen molar-refractivity contribution in [2.45, 2.75) is 50.6 Å². The molecule has 8 heteroatoms. The molecule has 0 fully saturated rings. The maximum Gasteiger partial charge on any atom is 0.242 e. The van der Waals surface area contributed by atoms with Crippen molar-refractivity contribution >= 4 is 58.4 Å². The van der Waals surface area contributed by atoms with Crippen LogP contribution in [0, 0.1) is 0 Å². The first kappa shape index (κ1) is 25.9. The van der Waals surface area contributed by atoms with Gasteiger partial charge >= 0.3 is 0 Å². The average molecular weight is 502 g/mol. The van der Waals surface area contributed by atoms with Gasteiger partial charge in [-0.15, -0.1) is 11.8 Å². The smallest absolute Gasteiger partial charge is 0.242 e. The molecule has 2 amide bonds. The first-order chi connectivity index (χ1) is 14.8. The van der Waals surface area contributed by atoms with Gasteiger partial charge in [-0.2, -0.15) is 0 Å². The molecule has 0 radical (unpaired) electrons. The highest BCUT2D eigenvalue weighted by atomic mass is 35.5. The molecule has 1 atom stereocenters. The fraction of sp³-hybridized carbons (Fsp3) is 0.391. The zero-order chi connectivity index (χ0) is 22.8. The van der Waals surface area contributed by atoms with E-state index in [0.717, 1.165) is 17.1 Å². The fourth-order valence-corrected chi connectivity index (χ4v) is 4.42. The van der Waals surface area contributed by atoms with Crippen molar-refractivity contribution in [2.24, 2.45) is 0 Å². The number of amides is 2. The topological polar surface area (TPSA) is 49.4 Å². The van der Waals surface area contributed by atoms with Crippen molar-refractivity contribution in [1.82, 2.24) is 10.2 Å². The SMILES string of the molecule is CCCNC(=O)[C@@H](C)N(Cc1c(Cl)cccc1Cl)C(=O)CCCSc1ccc(Cl)cc1. The summed E-state index contributed by atoms with van der Waals surface area (Å²) in [6.45, 7) is 4.46. The molecule has 1 N–H and O–H groups in total. The molecule has 0 spiro atoms. The molecule has 0 unspecified atom stereocenters. The predicted molar refractivity (Wildman–Crippen MR) is 131 cm³/mol. The van der Waals surface area contributed by atoms with Crippen molar-refractivity contribution in [3.63, 3.8) is 0 Å². The van der Waals surface area contributed by atoms with E-state index in [-0.39, 0.29) is 18.4 Å². The van der Waals surface area contributed by atoms with Crippen LogP contribution < -0.4 is 5.32 Å². The number of carbonyl (C=O) groups is 2. The lowest BCUT2D eigenvalue weighted by molar-refractivity contribution is -0.140. The molecule has 0 bridgehead atoms. The van der Waals surface area contributed by atoms with Gasteiger partial charge in [-0.05, 0) is 61.9 Å². The molecule has 0 saturated carbocycles. The minimum Gasteiger partial charge on any atom is -0.354 e. The standard InChI is InChI=1S/C23H27Cl3N2O2S/c1-3-13-27-23(30)16(2)28(15-19-20(25)6-4-7-21(19)26)22(29)8-5-14-31-18-11-9-17(24)10-12-18/h4,6-7,9-12,16H,3,5,8,13-15H2,1-2H3,(H,27,30)/t16-/m1/s1. The maximum atomic E-state index is 13.1. The van der Waals surface area contributed by atoms with Gasteiger partial charge in [0, 0.05) is 45.0 Å². The second kappa shape index (κ2) is 13.2. The molecule has 0 aliphatic carbocycles. The third-order valence-electron chi connectivity index (χ3n) is 4.72. The third-order valence-corrected chi connectivity index (χ3v) is 6.78. The van der Waals surface area contributed by atoms with Crippen molar-refractivity contribution in [1.29, 1.82) is 0 Å². The number of benzene rings is 2. The van der Waals surface area contributed by atoms with Crippen LogP contribution in [-0.2, 0) is 16.1 Å². The molecule has 0 aliphatic heterocycles. The first-order valence-corrected chi connectivity index (χ1v) is 12.3. The molecule has 0 aromatic heterocycles. The van der Waals surface area contributed by atoms with Crippen LogP contribution in [0.3, 0.4) is 0 Å². The van der Waals surface area contributed by atoms with Crippen LogP contribution >= 0.6 is 46.6 Å². The van der Waals surface area contributed by atoms with Gasteiger partial charge in [0.2, 0.25) is 11.8 Å². The quantitative estimate of drug-likeness (QED) is 0.284. The summed E-state index contributed by atoms with van der Waals surface area (Å²) in [6, 6.07) is 12.2. The Balaban J connectivity index is 2.04. The maximum absolute atomic E-state index is 13.1. The second-order valence-corrected chi connectivity index (χ2v) is 9.51. The molecule has 31 heavy (non-hydrogen) atoms. The Labute approximate surface area is 203 Å². The van der Waals surface area contributed by atoms with Gasteiger partial charge in [0.15, 0.2) is 0 Å². The van der Waals surface area contributed by atoms with E-state index in [1.165, 1.54) is 0 Å². The molecular formula is C23H27Cl3N2O2S. The van der Waals surface area contributed by atoms with Gasteiger partial charge in [0.1, 0.15) is 6.04 Å². The summed E-state index contributed by atoms with van der Waals surface area (Å²) in [7, 11) is 0. The number of rotatable bonds is 11. The predicted octanol–water partition coefficient (Wildman–Crippen LogP) is 6.46. The summed E-state index contributed by atoms with van der Waals surface area (Å²) in [4.78, 5) is 28.3. The zero-order valence-electron chi connectivity index (χ0n) is 17.7. The lowest BCUT2D eigenvalue weighted by atomic mass is 10.1. The molecule has 2 aromatic rings. The average Bonchev–Trinajstić information content (AvgIpc) is 2.75. The highest BCUT2D eigenvalue weighted by Crippen LogP contribution is 2.27. The van der Waals surface area contributed by atoms with Crippen LogP contribution in [0.2, 0.25) is 15.1 Å². The Hall–Kier alpha value is -1.40. The van der Waals surface area contributed by atoms with E-state index in [9.17, 15) is 9.59 Å². The van der Waals surface area contributed by atoms with E-state index >= 15 is 0 Å². The largest absolute Gasteiger partial charge is 0.354 e. The normalized spacial score (nSPS) is 11.8. The number of carbonyl (C=O) groups excluding carboxylic acids is 2. The van der Waals surface area contributed by atoms with E-state index in [4.69, 9.17) is 34.8 Å². The molecular weight excluding hydrogens is 475 g/mol. The minimum absolute atomic E-state index is 0.105. The monoisotopic (exact) mass is 500 g/mol. The summed E-state index contributed by atoms with van der Waals surface area (Å²) in [5, 5.41) is 4.51. The molecule has 2 rings (SSSR count). The van der Waals surface area contributed by atoms with Gasteiger partial charge in [-0.25, -0.2) is 0 Å². The second-order valence-electron chi connectivity index (χ2n) is 7.09. The van der Waals surface area contributed by atoms with E-state index in [2.05, 4.69) is 5.32 Å². The Morgan fingerprint density at radius 1 is 1.06 bits per heavy atom. The summed E-state index contributed by atoms with van der Waals surface area (Å²) < 4.78 is 0. The van der Waals surface area contributed by atoms with E-state index in [1.54, 1.807) is 41.8 Å².